The molecule has 18 heavy (non-hydrogen) atoms. The Morgan fingerprint density at radius 2 is 2.17 bits per heavy atom. The number of nitrogens with one attached hydrogen (secondary N) is 1. The van der Waals surface area contributed by atoms with Crippen LogP contribution in [-0.2, 0) is 9.53 Å². The summed E-state index contributed by atoms with van der Waals surface area (Å²) in [7, 11) is 1.28. The first kappa shape index (κ1) is 14.5. The Morgan fingerprint density at radius 3 is 2.72 bits per heavy atom. The van der Waals surface area contributed by atoms with Gasteiger partial charge in [-0.05, 0) is 18.2 Å². The van der Waals surface area contributed by atoms with Crippen LogP contribution in [0.5, 0.6) is 0 Å². The molecule has 0 saturated heterocycles. The van der Waals surface area contributed by atoms with Crippen LogP contribution in [0.2, 0.25) is 5.02 Å². The first-order chi connectivity index (χ1) is 8.49. The number of benzene rings is 1. The van der Waals surface area contributed by atoms with E-state index in [0.717, 1.165) is 0 Å². The van der Waals surface area contributed by atoms with Crippen LogP contribution in [0.1, 0.15) is 17.3 Å². The molecule has 0 aliphatic carbocycles. The van der Waals surface area contributed by atoms with Gasteiger partial charge in [-0.1, -0.05) is 18.5 Å². The van der Waals surface area contributed by atoms with E-state index in [1.54, 1.807) is 6.92 Å². The SMILES string of the molecule is COC(=O)c1ccc(Cl)c(NC(=O)C(C)CN)c1. The fourth-order valence-electron chi connectivity index (χ4n) is 1.23. The van der Waals surface area contributed by atoms with Gasteiger partial charge in [-0.2, -0.15) is 0 Å². The molecule has 1 atom stereocenters. The second-order valence-electron chi connectivity index (χ2n) is 3.81. The minimum atomic E-state index is -0.492. The van der Waals surface area contributed by atoms with E-state index in [0.29, 0.717) is 16.3 Å². The maximum absolute atomic E-state index is 11.7. The van der Waals surface area contributed by atoms with Crippen molar-refractivity contribution in [3.63, 3.8) is 0 Å². The second-order valence-corrected chi connectivity index (χ2v) is 4.22. The third kappa shape index (κ3) is 3.45. The summed E-state index contributed by atoms with van der Waals surface area (Å²) in [5, 5.41) is 2.97. The molecule has 0 heterocycles. The van der Waals surface area contributed by atoms with Crippen molar-refractivity contribution in [1.82, 2.24) is 0 Å². The summed E-state index contributed by atoms with van der Waals surface area (Å²) in [6, 6.07) is 4.52. The van der Waals surface area contributed by atoms with E-state index >= 15 is 0 Å². The van der Waals surface area contributed by atoms with Gasteiger partial charge in [0.2, 0.25) is 5.91 Å². The number of carbonyl (C=O) groups excluding carboxylic acids is 2. The van der Waals surface area contributed by atoms with E-state index in [1.807, 2.05) is 0 Å². The molecule has 1 unspecified atom stereocenters. The van der Waals surface area contributed by atoms with Crippen LogP contribution in [-0.4, -0.2) is 25.5 Å². The number of hydrogen-bond acceptors (Lipinski definition) is 4. The number of amides is 1. The fourth-order valence-corrected chi connectivity index (χ4v) is 1.39. The molecule has 98 valence electrons. The Bertz CT molecular complexity index is 463. The molecule has 0 radical (unpaired) electrons. The summed E-state index contributed by atoms with van der Waals surface area (Å²) in [6.45, 7) is 1.94. The lowest BCUT2D eigenvalue weighted by molar-refractivity contribution is -0.119. The number of nitrogens with two attached hydrogens (primary N) is 1. The average molecular weight is 271 g/mol. The molecule has 3 N–H and O–H groups in total. The van der Waals surface area contributed by atoms with Crippen LogP contribution in [0, 0.1) is 5.92 Å². The maximum atomic E-state index is 11.7. The van der Waals surface area contributed by atoms with Crippen molar-refractivity contribution in [3.05, 3.63) is 28.8 Å². The largest absolute Gasteiger partial charge is 0.465 e. The Hall–Kier alpha value is -1.59. The van der Waals surface area contributed by atoms with Crippen molar-refractivity contribution in [2.75, 3.05) is 19.0 Å². The van der Waals surface area contributed by atoms with Gasteiger partial charge in [-0.15, -0.1) is 0 Å². The highest BCUT2D eigenvalue weighted by atomic mass is 35.5. The van der Waals surface area contributed by atoms with Gasteiger partial charge in [0.15, 0.2) is 0 Å². The molecular formula is C12H15ClN2O3. The topological polar surface area (TPSA) is 81.4 Å². The quantitative estimate of drug-likeness (QED) is 0.816. The van der Waals surface area contributed by atoms with Crippen LogP contribution in [0.15, 0.2) is 18.2 Å². The molecule has 1 aromatic rings. The molecule has 0 fully saturated rings. The zero-order valence-electron chi connectivity index (χ0n) is 10.2. The Kier molecular flexibility index (Phi) is 5.12. The molecule has 1 amide bonds. The van der Waals surface area contributed by atoms with Gasteiger partial charge in [0, 0.05) is 12.5 Å². The summed E-state index contributed by atoms with van der Waals surface area (Å²) in [5.74, 6) is -1.07. The first-order valence-corrected chi connectivity index (χ1v) is 5.76. The van der Waals surface area contributed by atoms with Crippen molar-refractivity contribution in [2.45, 2.75) is 6.92 Å². The average Bonchev–Trinajstić information content (AvgIpc) is 2.39. The lowest BCUT2D eigenvalue weighted by atomic mass is 10.1. The highest BCUT2D eigenvalue weighted by molar-refractivity contribution is 6.33. The smallest absolute Gasteiger partial charge is 0.337 e. The molecule has 0 bridgehead atoms. The molecule has 5 nitrogen and oxygen atoms in total. The highest BCUT2D eigenvalue weighted by Gasteiger charge is 2.14. The molecule has 6 heteroatoms. The number of rotatable bonds is 4. The lowest BCUT2D eigenvalue weighted by Crippen LogP contribution is -2.26. The van der Waals surface area contributed by atoms with E-state index in [2.05, 4.69) is 10.1 Å². The number of carbonyl (C=O) groups is 2. The monoisotopic (exact) mass is 270 g/mol. The molecule has 1 aromatic carbocycles. The van der Waals surface area contributed by atoms with Gasteiger partial charge < -0.3 is 15.8 Å². The summed E-state index contributed by atoms with van der Waals surface area (Å²) in [5.41, 5.74) is 6.08. The Balaban J connectivity index is 2.94. The van der Waals surface area contributed by atoms with E-state index in [9.17, 15) is 9.59 Å². The van der Waals surface area contributed by atoms with E-state index in [1.165, 1.54) is 25.3 Å². The first-order valence-electron chi connectivity index (χ1n) is 5.38. The zero-order chi connectivity index (χ0) is 13.7. The molecular weight excluding hydrogens is 256 g/mol. The predicted octanol–water partition coefficient (Wildman–Crippen LogP) is 1.66. The predicted molar refractivity (Wildman–Crippen MR) is 69.6 cm³/mol. The van der Waals surface area contributed by atoms with Gasteiger partial charge in [0.1, 0.15) is 0 Å². The van der Waals surface area contributed by atoms with Crippen LogP contribution < -0.4 is 11.1 Å². The number of esters is 1. The minimum absolute atomic E-state index is 0.236. The Labute approximate surface area is 110 Å². The fraction of sp³-hybridized carbons (Fsp3) is 0.333. The van der Waals surface area contributed by atoms with Gasteiger partial charge in [0.05, 0.1) is 23.4 Å². The molecule has 1 rings (SSSR count). The van der Waals surface area contributed by atoms with Gasteiger partial charge in [-0.25, -0.2) is 4.79 Å². The van der Waals surface area contributed by atoms with Crippen LogP contribution in [0.3, 0.4) is 0 Å². The standard InChI is InChI=1S/C12H15ClN2O3/c1-7(6-14)11(16)15-10-5-8(12(17)18-2)3-4-9(10)13/h3-5,7H,6,14H2,1-2H3,(H,15,16). The van der Waals surface area contributed by atoms with Gasteiger partial charge in [0.25, 0.3) is 0 Å². The van der Waals surface area contributed by atoms with Crippen LogP contribution >= 0.6 is 11.6 Å². The second kappa shape index (κ2) is 6.37. The molecule has 0 aliphatic heterocycles. The summed E-state index contributed by atoms with van der Waals surface area (Å²) in [4.78, 5) is 23.0. The molecule has 0 aromatic heterocycles. The number of methoxy groups -OCH3 is 1. The van der Waals surface area contributed by atoms with Crippen molar-refractivity contribution >= 4 is 29.2 Å². The van der Waals surface area contributed by atoms with Gasteiger partial charge >= 0.3 is 5.97 Å². The normalized spacial score (nSPS) is 11.8. The van der Waals surface area contributed by atoms with Crippen molar-refractivity contribution in [1.29, 1.82) is 0 Å². The molecule has 0 aliphatic rings. The van der Waals surface area contributed by atoms with Gasteiger partial charge in [-0.3, -0.25) is 4.79 Å². The van der Waals surface area contributed by atoms with E-state index in [-0.39, 0.29) is 18.4 Å². The summed E-state index contributed by atoms with van der Waals surface area (Å²) < 4.78 is 4.59. The number of hydrogen-bond donors (Lipinski definition) is 2. The minimum Gasteiger partial charge on any atom is -0.465 e. The van der Waals surface area contributed by atoms with Crippen molar-refractivity contribution < 1.29 is 14.3 Å². The third-order valence-electron chi connectivity index (χ3n) is 2.45. The molecule has 0 saturated carbocycles. The Morgan fingerprint density at radius 1 is 1.50 bits per heavy atom. The van der Waals surface area contributed by atoms with Crippen LogP contribution in [0.25, 0.3) is 0 Å². The summed E-state index contributed by atoms with van der Waals surface area (Å²) in [6.07, 6.45) is 0. The highest BCUT2D eigenvalue weighted by Crippen LogP contribution is 2.23. The lowest BCUT2D eigenvalue weighted by Gasteiger charge is -2.12. The number of ether oxygens (including phenoxy) is 1. The number of anilines is 1. The van der Waals surface area contributed by atoms with Crippen LogP contribution in [0.4, 0.5) is 5.69 Å². The molecule has 0 spiro atoms. The number of halogens is 1. The van der Waals surface area contributed by atoms with Crippen molar-refractivity contribution in [2.24, 2.45) is 11.7 Å². The van der Waals surface area contributed by atoms with Crippen molar-refractivity contribution in [3.8, 4) is 0 Å². The van der Waals surface area contributed by atoms with E-state index in [4.69, 9.17) is 17.3 Å². The van der Waals surface area contributed by atoms with E-state index < -0.39 is 5.97 Å². The maximum Gasteiger partial charge on any atom is 0.337 e. The zero-order valence-corrected chi connectivity index (χ0v) is 11.0. The third-order valence-corrected chi connectivity index (χ3v) is 2.78. The summed E-state index contributed by atoms with van der Waals surface area (Å²) >= 11 is 5.94.